The Bertz CT molecular complexity index is 829. The highest BCUT2D eigenvalue weighted by Gasteiger charge is 2.25. The molecule has 7 heteroatoms. The molecule has 1 aliphatic rings. The van der Waals surface area contributed by atoms with E-state index in [1.165, 1.54) is 24.4 Å². The highest BCUT2D eigenvalue weighted by Crippen LogP contribution is 2.31. The Morgan fingerprint density at radius 2 is 1.65 bits per heavy atom. The summed E-state index contributed by atoms with van der Waals surface area (Å²) >= 11 is 0. The monoisotopic (exact) mass is 355 g/mol. The number of benzene rings is 2. The molecule has 26 heavy (non-hydrogen) atoms. The van der Waals surface area contributed by atoms with Crippen molar-refractivity contribution in [3.8, 4) is 0 Å². The number of ether oxygens (including phenoxy) is 1. The molecule has 1 aliphatic heterocycles. The van der Waals surface area contributed by atoms with Gasteiger partial charge in [-0.1, -0.05) is 18.2 Å². The van der Waals surface area contributed by atoms with Crippen molar-refractivity contribution in [3.63, 3.8) is 0 Å². The third kappa shape index (κ3) is 3.46. The number of carbonyl (C=O) groups excluding carboxylic acids is 1. The van der Waals surface area contributed by atoms with E-state index < -0.39 is 10.9 Å². The molecule has 0 atom stereocenters. The zero-order chi connectivity index (χ0) is 18.7. The molecule has 0 radical (unpaired) electrons. The lowest BCUT2D eigenvalue weighted by Crippen LogP contribution is -2.47. The van der Waals surface area contributed by atoms with Gasteiger partial charge >= 0.3 is 5.97 Å². The molecule has 0 aliphatic carbocycles. The Labute approximate surface area is 151 Å². The highest BCUT2D eigenvalue weighted by atomic mass is 16.6. The number of esters is 1. The van der Waals surface area contributed by atoms with Gasteiger partial charge in [-0.25, -0.2) is 4.79 Å². The van der Waals surface area contributed by atoms with Crippen LogP contribution in [-0.2, 0) is 4.74 Å². The summed E-state index contributed by atoms with van der Waals surface area (Å²) in [5.41, 5.74) is 3.06. The van der Waals surface area contributed by atoms with Gasteiger partial charge in [0.25, 0.3) is 5.69 Å². The number of methoxy groups -OCH3 is 1. The predicted molar refractivity (Wildman–Crippen MR) is 100 cm³/mol. The number of nitrogens with zero attached hydrogens (tertiary/aromatic N) is 3. The van der Waals surface area contributed by atoms with Crippen LogP contribution in [0, 0.1) is 17.0 Å². The van der Waals surface area contributed by atoms with Gasteiger partial charge in [0.1, 0.15) is 5.69 Å². The largest absolute Gasteiger partial charge is 0.465 e. The number of carbonyl (C=O) groups is 1. The fraction of sp³-hybridized carbons (Fsp3) is 0.316. The maximum atomic E-state index is 11.6. The standard InChI is InChI=1S/C19H21N3O4/c1-14-5-3-4-6-16(14)20-9-11-21(12-10-20)17-8-7-15(19(23)26-2)13-18(17)22(24)25/h3-8,13H,9-12H2,1-2H3. The first-order valence-electron chi connectivity index (χ1n) is 8.43. The number of aryl methyl sites for hydroxylation is 1. The molecule has 1 heterocycles. The number of rotatable bonds is 4. The van der Waals surface area contributed by atoms with Gasteiger partial charge in [-0.3, -0.25) is 10.1 Å². The summed E-state index contributed by atoms with van der Waals surface area (Å²) in [6.07, 6.45) is 0. The molecule has 0 spiro atoms. The van der Waals surface area contributed by atoms with Crippen LogP contribution >= 0.6 is 0 Å². The molecule has 2 aromatic carbocycles. The van der Waals surface area contributed by atoms with E-state index in [4.69, 9.17) is 0 Å². The number of anilines is 2. The number of para-hydroxylation sites is 1. The van der Waals surface area contributed by atoms with Crippen LogP contribution in [0.3, 0.4) is 0 Å². The molecular weight excluding hydrogens is 334 g/mol. The van der Waals surface area contributed by atoms with Gasteiger partial charge in [0.05, 0.1) is 17.6 Å². The summed E-state index contributed by atoms with van der Waals surface area (Å²) in [5, 5.41) is 11.5. The molecule has 0 amide bonds. The normalized spacial score (nSPS) is 14.2. The van der Waals surface area contributed by atoms with Gasteiger partial charge in [0.2, 0.25) is 0 Å². The fourth-order valence-corrected chi connectivity index (χ4v) is 3.29. The quantitative estimate of drug-likeness (QED) is 0.477. The molecule has 1 fully saturated rings. The van der Waals surface area contributed by atoms with Crippen LogP contribution in [0.1, 0.15) is 15.9 Å². The molecule has 7 nitrogen and oxygen atoms in total. The number of piperazine rings is 1. The molecule has 0 aromatic heterocycles. The van der Waals surface area contributed by atoms with E-state index in [1.807, 2.05) is 17.0 Å². The number of hydrogen-bond donors (Lipinski definition) is 0. The Morgan fingerprint density at radius 3 is 2.23 bits per heavy atom. The number of nitro benzene ring substituents is 1. The Hall–Kier alpha value is -3.09. The Kier molecular flexibility index (Phi) is 5.06. The highest BCUT2D eigenvalue weighted by molar-refractivity contribution is 5.91. The minimum absolute atomic E-state index is 0.0720. The summed E-state index contributed by atoms with van der Waals surface area (Å²) in [5.74, 6) is -0.580. The van der Waals surface area contributed by atoms with Gasteiger partial charge in [-0.15, -0.1) is 0 Å². The van der Waals surface area contributed by atoms with E-state index in [0.717, 1.165) is 13.1 Å². The van der Waals surface area contributed by atoms with Crippen LogP contribution in [0.15, 0.2) is 42.5 Å². The van der Waals surface area contributed by atoms with Crippen molar-refractivity contribution in [1.29, 1.82) is 0 Å². The first-order chi connectivity index (χ1) is 12.5. The SMILES string of the molecule is COC(=O)c1ccc(N2CCN(c3ccccc3C)CC2)c([N+](=O)[O-])c1. The summed E-state index contributed by atoms with van der Waals surface area (Å²) in [6.45, 7) is 4.99. The van der Waals surface area contributed by atoms with Crippen molar-refractivity contribution in [2.75, 3.05) is 43.1 Å². The van der Waals surface area contributed by atoms with Crippen LogP contribution in [0.5, 0.6) is 0 Å². The first kappa shape index (κ1) is 17.7. The second-order valence-corrected chi connectivity index (χ2v) is 6.21. The van der Waals surface area contributed by atoms with E-state index in [-0.39, 0.29) is 11.3 Å². The van der Waals surface area contributed by atoms with Crippen LogP contribution in [0.25, 0.3) is 0 Å². The van der Waals surface area contributed by atoms with Crippen molar-refractivity contribution in [2.45, 2.75) is 6.92 Å². The average molecular weight is 355 g/mol. The van der Waals surface area contributed by atoms with Crippen molar-refractivity contribution in [2.24, 2.45) is 0 Å². The maximum absolute atomic E-state index is 11.6. The lowest BCUT2D eigenvalue weighted by atomic mass is 10.1. The summed E-state index contributed by atoms with van der Waals surface area (Å²) in [7, 11) is 1.26. The number of nitro groups is 1. The van der Waals surface area contributed by atoms with Gasteiger partial charge in [-0.05, 0) is 30.7 Å². The molecule has 2 aromatic rings. The molecule has 1 saturated heterocycles. The van der Waals surface area contributed by atoms with E-state index in [2.05, 4.69) is 28.7 Å². The minimum Gasteiger partial charge on any atom is -0.465 e. The van der Waals surface area contributed by atoms with Crippen LogP contribution in [0.2, 0.25) is 0 Å². The predicted octanol–water partition coefficient (Wildman–Crippen LogP) is 3.02. The molecule has 3 rings (SSSR count). The molecule has 0 saturated carbocycles. The second kappa shape index (κ2) is 7.43. The Morgan fingerprint density at radius 1 is 1.04 bits per heavy atom. The lowest BCUT2D eigenvalue weighted by molar-refractivity contribution is -0.384. The van der Waals surface area contributed by atoms with E-state index >= 15 is 0 Å². The van der Waals surface area contributed by atoms with E-state index in [9.17, 15) is 14.9 Å². The number of hydrogen-bond acceptors (Lipinski definition) is 6. The summed E-state index contributed by atoms with van der Waals surface area (Å²) in [4.78, 5) is 27.0. The van der Waals surface area contributed by atoms with Crippen molar-refractivity contribution < 1.29 is 14.5 Å². The summed E-state index contributed by atoms with van der Waals surface area (Å²) in [6, 6.07) is 12.7. The van der Waals surface area contributed by atoms with Gasteiger partial charge < -0.3 is 14.5 Å². The average Bonchev–Trinajstić information content (AvgIpc) is 2.67. The lowest BCUT2D eigenvalue weighted by Gasteiger charge is -2.37. The van der Waals surface area contributed by atoms with Gasteiger partial charge in [0.15, 0.2) is 0 Å². The summed E-state index contributed by atoms with van der Waals surface area (Å²) < 4.78 is 4.65. The minimum atomic E-state index is -0.580. The molecule has 0 bridgehead atoms. The zero-order valence-corrected chi connectivity index (χ0v) is 14.8. The van der Waals surface area contributed by atoms with E-state index in [0.29, 0.717) is 18.8 Å². The Balaban J connectivity index is 1.80. The zero-order valence-electron chi connectivity index (χ0n) is 14.8. The maximum Gasteiger partial charge on any atom is 0.338 e. The van der Waals surface area contributed by atoms with Crippen LogP contribution in [-0.4, -0.2) is 44.2 Å². The van der Waals surface area contributed by atoms with Crippen LogP contribution in [0.4, 0.5) is 17.1 Å². The van der Waals surface area contributed by atoms with Crippen molar-refractivity contribution >= 4 is 23.0 Å². The van der Waals surface area contributed by atoms with E-state index in [1.54, 1.807) is 12.1 Å². The van der Waals surface area contributed by atoms with Crippen molar-refractivity contribution in [1.82, 2.24) is 0 Å². The molecule has 0 unspecified atom stereocenters. The molecule has 0 N–H and O–H groups in total. The van der Waals surface area contributed by atoms with Crippen LogP contribution < -0.4 is 9.80 Å². The topological polar surface area (TPSA) is 75.9 Å². The second-order valence-electron chi connectivity index (χ2n) is 6.21. The fourth-order valence-electron chi connectivity index (χ4n) is 3.29. The smallest absolute Gasteiger partial charge is 0.338 e. The van der Waals surface area contributed by atoms with Gasteiger partial charge in [-0.2, -0.15) is 0 Å². The third-order valence-corrected chi connectivity index (χ3v) is 4.67. The van der Waals surface area contributed by atoms with Gasteiger partial charge in [0, 0.05) is 37.9 Å². The third-order valence-electron chi connectivity index (χ3n) is 4.67. The van der Waals surface area contributed by atoms with Crippen molar-refractivity contribution in [3.05, 3.63) is 63.7 Å². The molecule has 136 valence electrons. The first-order valence-corrected chi connectivity index (χ1v) is 8.43. The molecular formula is C19H21N3O4.